The summed E-state index contributed by atoms with van der Waals surface area (Å²) < 4.78 is 5.31. The first-order chi connectivity index (χ1) is 10.00. The Hall–Kier alpha value is -1.55. The van der Waals surface area contributed by atoms with E-state index in [9.17, 15) is 4.79 Å². The molecule has 116 valence electrons. The van der Waals surface area contributed by atoms with Gasteiger partial charge in [0.05, 0.1) is 6.61 Å². The molecule has 1 aromatic rings. The number of rotatable bonds is 5. The highest BCUT2D eigenvalue weighted by Gasteiger charge is 2.29. The van der Waals surface area contributed by atoms with Crippen molar-refractivity contribution in [3.8, 4) is 0 Å². The fraction of sp³-hybridized carbons (Fsp3) is 0.588. The molecule has 21 heavy (non-hydrogen) atoms. The van der Waals surface area contributed by atoms with Crippen molar-refractivity contribution in [1.29, 1.82) is 0 Å². The van der Waals surface area contributed by atoms with Crippen molar-refractivity contribution in [2.24, 2.45) is 5.92 Å². The number of benzene rings is 1. The summed E-state index contributed by atoms with van der Waals surface area (Å²) in [6, 6.07) is 10.2. The standard InChI is InChI=1S/C17H26N2O2/c1-13(17(2,3)15-7-5-4-6-8-15)19-16(20)18-11-14-9-10-21-12-14/h4-8,13-14H,9-12H2,1-3H3,(H2,18,19,20)/t13-,14+/m1/s1. The summed E-state index contributed by atoms with van der Waals surface area (Å²) in [4.78, 5) is 12.0. The van der Waals surface area contributed by atoms with Gasteiger partial charge >= 0.3 is 6.03 Å². The lowest BCUT2D eigenvalue weighted by atomic mass is 9.78. The van der Waals surface area contributed by atoms with Gasteiger partial charge in [-0.2, -0.15) is 0 Å². The van der Waals surface area contributed by atoms with Crippen LogP contribution in [0.3, 0.4) is 0 Å². The third kappa shape index (κ3) is 4.21. The predicted octanol–water partition coefficient (Wildman–Crippen LogP) is 2.69. The first-order valence-electron chi connectivity index (χ1n) is 7.68. The molecular weight excluding hydrogens is 264 g/mol. The number of ether oxygens (including phenoxy) is 1. The molecule has 4 nitrogen and oxygen atoms in total. The lowest BCUT2D eigenvalue weighted by Gasteiger charge is -2.33. The van der Waals surface area contributed by atoms with Crippen molar-refractivity contribution >= 4 is 6.03 Å². The third-order valence-corrected chi connectivity index (χ3v) is 4.52. The molecule has 0 saturated carbocycles. The van der Waals surface area contributed by atoms with E-state index >= 15 is 0 Å². The summed E-state index contributed by atoms with van der Waals surface area (Å²) in [6.45, 7) is 8.60. The van der Waals surface area contributed by atoms with E-state index in [1.54, 1.807) is 0 Å². The maximum absolute atomic E-state index is 12.0. The second-order valence-electron chi connectivity index (χ2n) is 6.39. The fourth-order valence-corrected chi connectivity index (χ4v) is 2.53. The number of carbonyl (C=O) groups is 1. The molecule has 1 aliphatic rings. The minimum absolute atomic E-state index is 0.0414. The monoisotopic (exact) mass is 290 g/mol. The van der Waals surface area contributed by atoms with Crippen LogP contribution in [-0.4, -0.2) is 31.8 Å². The minimum Gasteiger partial charge on any atom is -0.381 e. The van der Waals surface area contributed by atoms with Gasteiger partial charge < -0.3 is 15.4 Å². The molecule has 4 heteroatoms. The quantitative estimate of drug-likeness (QED) is 0.876. The summed E-state index contributed by atoms with van der Waals surface area (Å²) in [7, 11) is 0. The van der Waals surface area contributed by atoms with Gasteiger partial charge in [0.2, 0.25) is 0 Å². The van der Waals surface area contributed by atoms with E-state index in [2.05, 4.69) is 36.6 Å². The van der Waals surface area contributed by atoms with Crippen LogP contribution in [0, 0.1) is 5.92 Å². The molecule has 0 radical (unpaired) electrons. The normalized spacial score (nSPS) is 20.0. The zero-order valence-corrected chi connectivity index (χ0v) is 13.2. The number of hydrogen-bond acceptors (Lipinski definition) is 2. The van der Waals surface area contributed by atoms with Crippen molar-refractivity contribution in [1.82, 2.24) is 10.6 Å². The van der Waals surface area contributed by atoms with Crippen LogP contribution in [0.15, 0.2) is 30.3 Å². The van der Waals surface area contributed by atoms with Gasteiger partial charge in [-0.3, -0.25) is 0 Å². The van der Waals surface area contributed by atoms with Crippen molar-refractivity contribution in [3.05, 3.63) is 35.9 Å². The summed E-state index contributed by atoms with van der Waals surface area (Å²) in [5.74, 6) is 0.452. The van der Waals surface area contributed by atoms with Crippen molar-refractivity contribution in [3.63, 3.8) is 0 Å². The molecule has 0 unspecified atom stereocenters. The Balaban J connectivity index is 1.84. The average molecular weight is 290 g/mol. The third-order valence-electron chi connectivity index (χ3n) is 4.52. The highest BCUT2D eigenvalue weighted by atomic mass is 16.5. The largest absolute Gasteiger partial charge is 0.381 e. The number of amides is 2. The number of hydrogen-bond donors (Lipinski definition) is 2. The molecular formula is C17H26N2O2. The molecule has 0 spiro atoms. The van der Waals surface area contributed by atoms with Gasteiger partial charge in [0.15, 0.2) is 0 Å². The molecule has 2 N–H and O–H groups in total. The molecule has 1 fully saturated rings. The lowest BCUT2D eigenvalue weighted by Crippen LogP contribution is -2.49. The molecule has 0 aromatic heterocycles. The zero-order valence-electron chi connectivity index (χ0n) is 13.2. The van der Waals surface area contributed by atoms with Crippen molar-refractivity contribution < 1.29 is 9.53 Å². The fourth-order valence-electron chi connectivity index (χ4n) is 2.53. The Kier molecular flexibility index (Phi) is 5.23. The van der Waals surface area contributed by atoms with Crippen LogP contribution >= 0.6 is 0 Å². The topological polar surface area (TPSA) is 50.4 Å². The second kappa shape index (κ2) is 6.94. The van der Waals surface area contributed by atoms with E-state index in [0.29, 0.717) is 12.5 Å². The van der Waals surface area contributed by atoms with Crippen LogP contribution in [0.25, 0.3) is 0 Å². The Morgan fingerprint density at radius 3 is 2.71 bits per heavy atom. The van der Waals surface area contributed by atoms with Gasteiger partial charge in [-0.05, 0) is 18.9 Å². The van der Waals surface area contributed by atoms with Crippen molar-refractivity contribution in [2.75, 3.05) is 19.8 Å². The smallest absolute Gasteiger partial charge is 0.315 e. The highest BCUT2D eigenvalue weighted by molar-refractivity contribution is 5.74. The van der Waals surface area contributed by atoms with Crippen LogP contribution in [0.1, 0.15) is 32.8 Å². The number of urea groups is 1. The molecule has 2 atom stereocenters. The summed E-state index contributed by atoms with van der Waals surface area (Å²) in [5.41, 5.74) is 1.11. The molecule has 1 aliphatic heterocycles. The molecule has 1 aromatic carbocycles. The van der Waals surface area contributed by atoms with E-state index < -0.39 is 0 Å². The van der Waals surface area contributed by atoms with Gasteiger partial charge in [-0.25, -0.2) is 4.79 Å². The van der Waals surface area contributed by atoms with E-state index in [-0.39, 0.29) is 17.5 Å². The number of carbonyl (C=O) groups excluding carboxylic acids is 1. The zero-order chi connectivity index (χ0) is 15.3. The maximum Gasteiger partial charge on any atom is 0.315 e. The van der Waals surface area contributed by atoms with E-state index in [1.807, 2.05) is 25.1 Å². The molecule has 0 bridgehead atoms. The van der Waals surface area contributed by atoms with Gasteiger partial charge in [-0.15, -0.1) is 0 Å². The van der Waals surface area contributed by atoms with Gasteiger partial charge in [-0.1, -0.05) is 44.2 Å². The van der Waals surface area contributed by atoms with Crippen LogP contribution in [-0.2, 0) is 10.2 Å². The van der Waals surface area contributed by atoms with Gasteiger partial charge in [0.1, 0.15) is 0 Å². The Morgan fingerprint density at radius 1 is 1.38 bits per heavy atom. The molecule has 1 heterocycles. The Morgan fingerprint density at radius 2 is 2.10 bits per heavy atom. The first kappa shape index (κ1) is 15.8. The van der Waals surface area contributed by atoms with Gasteiger partial charge in [0.25, 0.3) is 0 Å². The summed E-state index contributed by atoms with van der Waals surface area (Å²) >= 11 is 0. The van der Waals surface area contributed by atoms with Crippen LogP contribution in [0.2, 0.25) is 0 Å². The van der Waals surface area contributed by atoms with Crippen LogP contribution in [0.5, 0.6) is 0 Å². The van der Waals surface area contributed by atoms with Crippen LogP contribution < -0.4 is 10.6 Å². The Bertz CT molecular complexity index is 453. The molecule has 2 amide bonds. The molecule has 1 saturated heterocycles. The maximum atomic E-state index is 12.0. The van der Waals surface area contributed by atoms with Crippen molar-refractivity contribution in [2.45, 2.75) is 38.6 Å². The first-order valence-corrected chi connectivity index (χ1v) is 7.68. The summed E-state index contributed by atoms with van der Waals surface area (Å²) in [6.07, 6.45) is 1.03. The molecule has 0 aliphatic carbocycles. The minimum atomic E-state index is -0.116. The summed E-state index contributed by atoms with van der Waals surface area (Å²) in [5, 5.41) is 6.00. The molecule has 2 rings (SSSR count). The Labute approximate surface area is 127 Å². The number of nitrogens with one attached hydrogen (secondary N) is 2. The lowest BCUT2D eigenvalue weighted by molar-refractivity contribution is 0.184. The average Bonchev–Trinajstić information content (AvgIpc) is 2.99. The van der Waals surface area contributed by atoms with E-state index in [1.165, 1.54) is 5.56 Å². The second-order valence-corrected chi connectivity index (χ2v) is 6.39. The SMILES string of the molecule is C[C@@H](NC(=O)NC[C@@H]1CCOC1)C(C)(C)c1ccccc1. The van der Waals surface area contributed by atoms with E-state index in [4.69, 9.17) is 4.74 Å². The van der Waals surface area contributed by atoms with E-state index in [0.717, 1.165) is 19.6 Å². The predicted molar refractivity (Wildman–Crippen MR) is 84.4 cm³/mol. The van der Waals surface area contributed by atoms with Gasteiger partial charge in [0, 0.05) is 30.5 Å². The highest BCUT2D eigenvalue weighted by Crippen LogP contribution is 2.26. The van der Waals surface area contributed by atoms with Crippen LogP contribution in [0.4, 0.5) is 4.79 Å².